The number of ether oxygens (including phenoxy) is 1. The molecule has 4 rings (SSSR count). The molecule has 0 bridgehead atoms. The second-order valence-corrected chi connectivity index (χ2v) is 10.9. The van der Waals surface area contributed by atoms with Crippen LogP contribution in [0.15, 0.2) is 53.5 Å². The first-order valence-corrected chi connectivity index (χ1v) is 12.2. The molecule has 0 spiro atoms. The van der Waals surface area contributed by atoms with E-state index in [1.54, 1.807) is 47.4 Å². The van der Waals surface area contributed by atoms with Gasteiger partial charge in [-0.15, -0.1) is 0 Å². The Bertz CT molecular complexity index is 1070. The first-order valence-electron chi connectivity index (χ1n) is 8.72. The Morgan fingerprint density at radius 3 is 2.62 bits per heavy atom. The van der Waals surface area contributed by atoms with Crippen LogP contribution in [0.4, 0.5) is 5.69 Å². The number of anilines is 1. The molecule has 2 saturated heterocycles. The molecule has 2 atom stereocenters. The number of benzene rings is 2. The van der Waals surface area contributed by atoms with Crippen LogP contribution in [-0.2, 0) is 14.6 Å². The maximum atomic E-state index is 12.4. The molecule has 10 heteroatoms. The molecule has 0 radical (unpaired) electrons. The summed E-state index contributed by atoms with van der Waals surface area (Å²) >= 11 is 13.3. The zero-order chi connectivity index (χ0) is 20.6. The predicted octanol–water partition coefficient (Wildman–Crippen LogP) is 3.67. The number of thioether (sulfide) groups is 1. The van der Waals surface area contributed by atoms with Crippen LogP contribution in [0.1, 0.15) is 0 Å². The van der Waals surface area contributed by atoms with Gasteiger partial charge >= 0.3 is 0 Å². The van der Waals surface area contributed by atoms with Gasteiger partial charge in [-0.05, 0) is 42.5 Å². The van der Waals surface area contributed by atoms with Crippen molar-refractivity contribution < 1.29 is 17.9 Å². The van der Waals surface area contributed by atoms with Crippen LogP contribution in [0.25, 0.3) is 0 Å². The fourth-order valence-electron chi connectivity index (χ4n) is 3.31. The number of carbonyl (C=O) groups is 1. The molecule has 2 aromatic rings. The highest BCUT2D eigenvalue weighted by atomic mass is 35.5. The Hall–Kier alpha value is -1.74. The molecule has 29 heavy (non-hydrogen) atoms. The number of nitrogens with zero attached hydrogens (tertiary/aromatic N) is 2. The summed E-state index contributed by atoms with van der Waals surface area (Å²) in [6.45, 7) is -0.233. The van der Waals surface area contributed by atoms with Gasteiger partial charge < -0.3 is 9.64 Å². The second-order valence-electron chi connectivity index (χ2n) is 6.68. The third-order valence-corrected chi connectivity index (χ3v) is 8.25. The quantitative estimate of drug-likeness (QED) is 0.678. The van der Waals surface area contributed by atoms with E-state index in [9.17, 15) is 13.2 Å². The van der Waals surface area contributed by atoms with Crippen molar-refractivity contribution in [3.63, 3.8) is 0 Å². The molecule has 152 valence electrons. The summed E-state index contributed by atoms with van der Waals surface area (Å²) in [4.78, 5) is 18.4. The third kappa shape index (κ3) is 4.71. The Kier molecular flexibility index (Phi) is 5.79. The largest absolute Gasteiger partial charge is 0.484 e. The van der Waals surface area contributed by atoms with E-state index < -0.39 is 15.7 Å². The highest BCUT2D eigenvalue weighted by Gasteiger charge is 2.49. The number of carbonyl (C=O) groups excluding carboxylic acids is 1. The number of sulfone groups is 1. The molecule has 0 aromatic heterocycles. The lowest BCUT2D eigenvalue weighted by Crippen LogP contribution is -2.37. The van der Waals surface area contributed by atoms with E-state index in [1.807, 2.05) is 6.07 Å². The normalized spacial score (nSPS) is 23.9. The standard InChI is InChI=1S/C19H16Cl2N2O4S2/c20-12-4-6-15(7-5-12)27-9-18(24)22-19-23(14-3-1-2-13(21)8-14)16-10-29(25,26)11-17(16)28-19/h1-8,16-17H,9-11H2. The predicted molar refractivity (Wildman–Crippen MR) is 117 cm³/mol. The Labute approximate surface area is 182 Å². The van der Waals surface area contributed by atoms with Crippen molar-refractivity contribution in [2.75, 3.05) is 23.0 Å². The van der Waals surface area contributed by atoms with Crippen LogP contribution in [0.5, 0.6) is 5.75 Å². The molecule has 2 heterocycles. The van der Waals surface area contributed by atoms with Crippen LogP contribution in [0, 0.1) is 0 Å². The van der Waals surface area contributed by atoms with Crippen molar-refractivity contribution in [1.29, 1.82) is 0 Å². The number of hydrogen-bond donors (Lipinski definition) is 0. The van der Waals surface area contributed by atoms with E-state index in [0.29, 0.717) is 26.6 Å². The molecule has 2 fully saturated rings. The average Bonchev–Trinajstić information content (AvgIpc) is 3.12. The topological polar surface area (TPSA) is 76.0 Å². The van der Waals surface area contributed by atoms with Crippen molar-refractivity contribution in [3.8, 4) is 5.75 Å². The summed E-state index contributed by atoms with van der Waals surface area (Å²) in [5.74, 6) is 0.133. The van der Waals surface area contributed by atoms with Crippen molar-refractivity contribution in [2.24, 2.45) is 4.99 Å². The van der Waals surface area contributed by atoms with Crippen LogP contribution in [-0.4, -0.2) is 48.9 Å². The van der Waals surface area contributed by atoms with Crippen LogP contribution >= 0.6 is 35.0 Å². The van der Waals surface area contributed by atoms with E-state index in [1.165, 1.54) is 11.8 Å². The van der Waals surface area contributed by atoms with Gasteiger partial charge in [0, 0.05) is 21.0 Å². The summed E-state index contributed by atoms with van der Waals surface area (Å²) in [6, 6.07) is 13.5. The van der Waals surface area contributed by atoms with Gasteiger partial charge in [-0.25, -0.2) is 8.42 Å². The summed E-state index contributed by atoms with van der Waals surface area (Å²) in [5, 5.41) is 1.38. The number of halogens is 2. The maximum absolute atomic E-state index is 12.4. The van der Waals surface area contributed by atoms with Crippen molar-refractivity contribution >= 4 is 61.6 Å². The Morgan fingerprint density at radius 1 is 1.14 bits per heavy atom. The number of hydrogen-bond acceptors (Lipinski definition) is 5. The molecule has 6 nitrogen and oxygen atoms in total. The van der Waals surface area contributed by atoms with Crippen LogP contribution in [0.2, 0.25) is 10.0 Å². The Morgan fingerprint density at radius 2 is 1.90 bits per heavy atom. The van der Waals surface area contributed by atoms with Gasteiger partial charge in [0.1, 0.15) is 5.75 Å². The van der Waals surface area contributed by atoms with Gasteiger partial charge in [-0.2, -0.15) is 4.99 Å². The lowest BCUT2D eigenvalue weighted by atomic mass is 10.2. The lowest BCUT2D eigenvalue weighted by molar-refractivity contribution is -0.119. The molecular weight excluding hydrogens is 455 g/mol. The zero-order valence-corrected chi connectivity index (χ0v) is 18.1. The van der Waals surface area contributed by atoms with E-state index in [2.05, 4.69) is 4.99 Å². The summed E-state index contributed by atoms with van der Waals surface area (Å²) < 4.78 is 29.7. The SMILES string of the molecule is O=C(COc1ccc(Cl)cc1)N=C1SC2CS(=O)(=O)CC2N1c1cccc(Cl)c1. The molecule has 1 amide bonds. The highest BCUT2D eigenvalue weighted by molar-refractivity contribution is 8.16. The first kappa shape index (κ1) is 20.5. The number of rotatable bonds is 4. The zero-order valence-electron chi connectivity index (χ0n) is 15.0. The highest BCUT2D eigenvalue weighted by Crippen LogP contribution is 2.41. The van der Waals surface area contributed by atoms with Gasteiger partial charge in [0.2, 0.25) is 0 Å². The molecule has 2 aromatic carbocycles. The molecule has 0 saturated carbocycles. The van der Waals surface area contributed by atoms with E-state index in [0.717, 1.165) is 0 Å². The fraction of sp³-hybridized carbons (Fsp3) is 0.263. The number of amides is 1. The van der Waals surface area contributed by atoms with Gasteiger partial charge in [0.25, 0.3) is 5.91 Å². The summed E-state index contributed by atoms with van der Waals surface area (Å²) in [5.41, 5.74) is 0.708. The van der Waals surface area contributed by atoms with Gasteiger partial charge in [0.15, 0.2) is 21.6 Å². The number of aliphatic imine (C=N–C) groups is 1. The minimum absolute atomic E-state index is 0.0195. The number of fused-ring (bicyclic) bond motifs is 1. The molecular formula is C19H16Cl2N2O4S2. The van der Waals surface area contributed by atoms with E-state index >= 15 is 0 Å². The third-order valence-electron chi connectivity index (χ3n) is 4.55. The van der Waals surface area contributed by atoms with E-state index in [-0.39, 0.29) is 29.4 Å². The van der Waals surface area contributed by atoms with Gasteiger partial charge in [-0.3, -0.25) is 4.79 Å². The molecule has 2 aliphatic heterocycles. The summed E-state index contributed by atoms with van der Waals surface area (Å²) in [7, 11) is -3.13. The van der Waals surface area contributed by atoms with Crippen LogP contribution in [0.3, 0.4) is 0 Å². The van der Waals surface area contributed by atoms with Gasteiger partial charge in [-0.1, -0.05) is 41.0 Å². The van der Waals surface area contributed by atoms with E-state index in [4.69, 9.17) is 27.9 Å². The molecule has 0 aliphatic carbocycles. The maximum Gasteiger partial charge on any atom is 0.285 e. The molecule has 0 N–H and O–H groups in total. The fourth-order valence-corrected chi connectivity index (χ4v) is 7.55. The smallest absolute Gasteiger partial charge is 0.285 e. The number of amidine groups is 1. The monoisotopic (exact) mass is 470 g/mol. The first-order chi connectivity index (χ1) is 13.8. The molecule has 2 unspecified atom stereocenters. The van der Waals surface area contributed by atoms with Gasteiger partial charge in [0.05, 0.1) is 17.5 Å². The van der Waals surface area contributed by atoms with Crippen molar-refractivity contribution in [2.45, 2.75) is 11.3 Å². The van der Waals surface area contributed by atoms with Crippen molar-refractivity contribution in [1.82, 2.24) is 0 Å². The second kappa shape index (κ2) is 8.18. The summed E-state index contributed by atoms with van der Waals surface area (Å²) in [6.07, 6.45) is 0. The lowest BCUT2D eigenvalue weighted by Gasteiger charge is -2.24. The minimum atomic E-state index is -3.13. The molecule has 2 aliphatic rings. The van der Waals surface area contributed by atoms with Crippen LogP contribution < -0.4 is 9.64 Å². The van der Waals surface area contributed by atoms with Crippen molar-refractivity contribution in [3.05, 3.63) is 58.6 Å². The Balaban J connectivity index is 1.56. The average molecular weight is 471 g/mol. The minimum Gasteiger partial charge on any atom is -0.484 e.